The molecule has 3 aromatic rings. The molecule has 1 N–H and O–H groups in total. The fourth-order valence-electron chi connectivity index (χ4n) is 1.80. The molecule has 0 unspecified atom stereocenters. The third-order valence-corrected chi connectivity index (χ3v) is 2.69. The van der Waals surface area contributed by atoms with Gasteiger partial charge in [-0.15, -0.1) is 0 Å². The predicted octanol–water partition coefficient (Wildman–Crippen LogP) is 2.52. The highest BCUT2D eigenvalue weighted by atomic mass is 16.5. The molecule has 2 aromatic heterocycles. The average molecular weight is 267 g/mol. The number of aromatic nitrogens is 3. The van der Waals surface area contributed by atoms with Crippen LogP contribution in [0.3, 0.4) is 0 Å². The monoisotopic (exact) mass is 267 g/mol. The van der Waals surface area contributed by atoms with Crippen LogP contribution in [0.5, 0.6) is 11.6 Å². The van der Waals surface area contributed by atoms with Crippen LogP contribution in [-0.2, 0) is 0 Å². The van der Waals surface area contributed by atoms with Crippen molar-refractivity contribution >= 4 is 16.9 Å². The molecule has 0 atom stereocenters. The molecular formula is C14H9N3O3. The quantitative estimate of drug-likeness (QED) is 0.784. The molecule has 0 amide bonds. The molecule has 0 spiro atoms. The number of carboxylic acids is 1. The Kier molecular flexibility index (Phi) is 2.96. The summed E-state index contributed by atoms with van der Waals surface area (Å²) in [4.78, 5) is 23.1. The van der Waals surface area contributed by atoms with Crippen LogP contribution in [0.2, 0.25) is 0 Å². The Hall–Kier alpha value is -3.02. The molecule has 20 heavy (non-hydrogen) atoms. The number of hydrogen-bond donors (Lipinski definition) is 1. The molecule has 2 heterocycles. The second-order valence-electron chi connectivity index (χ2n) is 3.95. The van der Waals surface area contributed by atoms with E-state index in [0.29, 0.717) is 11.3 Å². The van der Waals surface area contributed by atoms with Gasteiger partial charge in [0.1, 0.15) is 6.33 Å². The maximum absolute atomic E-state index is 11.1. The standard InChI is InChI=1S/C14H9N3O3/c18-14(19)12-11(6-3-7-15-12)20-13-9-4-1-2-5-10(9)16-8-17-13/h1-8H,(H,18,19). The molecule has 0 aliphatic carbocycles. The number of fused-ring (bicyclic) bond motifs is 1. The largest absolute Gasteiger partial charge is 0.476 e. The fourth-order valence-corrected chi connectivity index (χ4v) is 1.80. The van der Waals surface area contributed by atoms with Gasteiger partial charge in [0, 0.05) is 6.20 Å². The summed E-state index contributed by atoms with van der Waals surface area (Å²) in [6.45, 7) is 0. The first-order valence-electron chi connectivity index (χ1n) is 5.81. The Bertz CT molecular complexity index is 784. The first-order chi connectivity index (χ1) is 9.75. The van der Waals surface area contributed by atoms with Gasteiger partial charge in [-0.2, -0.15) is 0 Å². The summed E-state index contributed by atoms with van der Waals surface area (Å²) in [6.07, 6.45) is 2.77. The summed E-state index contributed by atoms with van der Waals surface area (Å²) in [6, 6.07) is 10.5. The number of pyridine rings is 1. The van der Waals surface area contributed by atoms with Crippen molar-refractivity contribution in [3.8, 4) is 11.6 Å². The second kappa shape index (κ2) is 4.93. The molecule has 1 aromatic carbocycles. The van der Waals surface area contributed by atoms with Gasteiger partial charge in [-0.05, 0) is 24.3 Å². The van der Waals surface area contributed by atoms with Gasteiger partial charge in [-0.1, -0.05) is 12.1 Å². The van der Waals surface area contributed by atoms with Gasteiger partial charge in [0.2, 0.25) is 5.88 Å². The average Bonchev–Trinajstić information content (AvgIpc) is 2.48. The molecule has 0 bridgehead atoms. The SMILES string of the molecule is O=C(O)c1ncccc1Oc1ncnc2ccccc12. The van der Waals surface area contributed by atoms with Crippen molar-refractivity contribution in [3.63, 3.8) is 0 Å². The molecule has 98 valence electrons. The van der Waals surface area contributed by atoms with Crippen LogP contribution in [-0.4, -0.2) is 26.0 Å². The van der Waals surface area contributed by atoms with Gasteiger partial charge in [0.15, 0.2) is 11.4 Å². The molecule has 0 aliphatic rings. The maximum Gasteiger partial charge on any atom is 0.358 e. The lowest BCUT2D eigenvalue weighted by molar-refractivity contribution is 0.0687. The third kappa shape index (κ3) is 2.14. The van der Waals surface area contributed by atoms with Crippen molar-refractivity contribution in [3.05, 3.63) is 54.6 Å². The molecule has 0 radical (unpaired) electrons. The van der Waals surface area contributed by atoms with E-state index in [1.54, 1.807) is 6.07 Å². The number of hydrogen-bond acceptors (Lipinski definition) is 5. The Morgan fingerprint density at radius 3 is 2.75 bits per heavy atom. The summed E-state index contributed by atoms with van der Waals surface area (Å²) in [5.74, 6) is -0.714. The number of para-hydroxylation sites is 1. The predicted molar refractivity (Wildman–Crippen MR) is 70.8 cm³/mol. The smallest absolute Gasteiger partial charge is 0.358 e. The van der Waals surface area contributed by atoms with E-state index in [-0.39, 0.29) is 11.4 Å². The van der Waals surface area contributed by atoms with E-state index in [9.17, 15) is 4.79 Å². The number of rotatable bonds is 3. The van der Waals surface area contributed by atoms with E-state index >= 15 is 0 Å². The summed E-state index contributed by atoms with van der Waals surface area (Å²) in [5, 5.41) is 9.79. The fraction of sp³-hybridized carbons (Fsp3) is 0. The number of carbonyl (C=O) groups is 1. The van der Waals surface area contributed by atoms with Crippen LogP contribution in [0.4, 0.5) is 0 Å². The van der Waals surface area contributed by atoms with E-state index < -0.39 is 5.97 Å². The van der Waals surface area contributed by atoms with Crippen molar-refractivity contribution in [2.75, 3.05) is 0 Å². The number of aromatic carboxylic acids is 1. The summed E-state index contributed by atoms with van der Waals surface area (Å²) >= 11 is 0. The first-order valence-corrected chi connectivity index (χ1v) is 5.81. The van der Waals surface area contributed by atoms with Crippen LogP contribution in [0.15, 0.2) is 48.9 Å². The molecule has 6 heteroatoms. The van der Waals surface area contributed by atoms with Crippen LogP contribution in [0.25, 0.3) is 10.9 Å². The number of benzene rings is 1. The Morgan fingerprint density at radius 2 is 1.90 bits per heavy atom. The molecule has 6 nitrogen and oxygen atoms in total. The van der Waals surface area contributed by atoms with Gasteiger partial charge < -0.3 is 9.84 Å². The van der Waals surface area contributed by atoms with Gasteiger partial charge in [-0.25, -0.2) is 19.7 Å². The van der Waals surface area contributed by atoms with E-state index in [1.807, 2.05) is 24.3 Å². The zero-order chi connectivity index (χ0) is 13.9. The minimum absolute atomic E-state index is 0.142. The van der Waals surface area contributed by atoms with Gasteiger partial charge in [0.05, 0.1) is 10.9 Å². The minimum Gasteiger partial charge on any atom is -0.476 e. The molecule has 0 saturated heterocycles. The lowest BCUT2D eigenvalue weighted by Gasteiger charge is -2.08. The molecular weight excluding hydrogens is 258 g/mol. The van der Waals surface area contributed by atoms with Crippen LogP contribution >= 0.6 is 0 Å². The Balaban J connectivity index is 2.08. The molecule has 0 saturated carbocycles. The highest BCUT2D eigenvalue weighted by molar-refractivity contribution is 5.89. The van der Waals surface area contributed by atoms with Crippen molar-refractivity contribution in [2.24, 2.45) is 0 Å². The molecule has 3 rings (SSSR count). The minimum atomic E-state index is -1.15. The molecule has 0 fully saturated rings. The van der Waals surface area contributed by atoms with Gasteiger partial charge in [-0.3, -0.25) is 0 Å². The lowest BCUT2D eigenvalue weighted by atomic mass is 10.2. The van der Waals surface area contributed by atoms with Crippen molar-refractivity contribution < 1.29 is 14.6 Å². The molecule has 0 aliphatic heterocycles. The van der Waals surface area contributed by atoms with Crippen LogP contribution < -0.4 is 4.74 Å². The Morgan fingerprint density at radius 1 is 1.05 bits per heavy atom. The lowest BCUT2D eigenvalue weighted by Crippen LogP contribution is -2.03. The van der Waals surface area contributed by atoms with Crippen LogP contribution in [0, 0.1) is 0 Å². The Labute approximate surface area is 113 Å². The highest BCUT2D eigenvalue weighted by Crippen LogP contribution is 2.27. The maximum atomic E-state index is 11.1. The van der Waals surface area contributed by atoms with E-state index in [1.165, 1.54) is 18.6 Å². The number of ether oxygens (including phenoxy) is 1. The normalized spacial score (nSPS) is 10.4. The van der Waals surface area contributed by atoms with E-state index in [2.05, 4.69) is 15.0 Å². The summed E-state index contributed by atoms with van der Waals surface area (Å²) in [5.41, 5.74) is 0.563. The number of carboxylic acid groups (broad SMARTS) is 1. The third-order valence-electron chi connectivity index (χ3n) is 2.69. The highest BCUT2D eigenvalue weighted by Gasteiger charge is 2.14. The van der Waals surface area contributed by atoms with Gasteiger partial charge >= 0.3 is 5.97 Å². The topological polar surface area (TPSA) is 85.2 Å². The van der Waals surface area contributed by atoms with E-state index in [4.69, 9.17) is 9.84 Å². The van der Waals surface area contributed by atoms with Crippen molar-refractivity contribution in [1.82, 2.24) is 15.0 Å². The summed E-state index contributed by atoms with van der Waals surface area (Å²) < 4.78 is 5.59. The van der Waals surface area contributed by atoms with Crippen molar-refractivity contribution in [1.29, 1.82) is 0 Å². The first kappa shape index (κ1) is 12.0. The van der Waals surface area contributed by atoms with Crippen molar-refractivity contribution in [2.45, 2.75) is 0 Å². The van der Waals surface area contributed by atoms with Crippen LogP contribution in [0.1, 0.15) is 10.5 Å². The zero-order valence-electron chi connectivity index (χ0n) is 10.2. The van der Waals surface area contributed by atoms with E-state index in [0.717, 1.165) is 5.52 Å². The zero-order valence-corrected chi connectivity index (χ0v) is 10.2. The summed E-state index contributed by atoms with van der Waals surface area (Å²) in [7, 11) is 0. The second-order valence-corrected chi connectivity index (χ2v) is 3.95. The number of nitrogens with zero attached hydrogens (tertiary/aromatic N) is 3. The van der Waals surface area contributed by atoms with Gasteiger partial charge in [0.25, 0.3) is 0 Å².